The van der Waals surface area contributed by atoms with Gasteiger partial charge in [0.15, 0.2) is 17.1 Å². The molecule has 0 fully saturated rings. The van der Waals surface area contributed by atoms with E-state index in [9.17, 15) is 4.79 Å². The van der Waals surface area contributed by atoms with Crippen molar-refractivity contribution in [3.63, 3.8) is 0 Å². The van der Waals surface area contributed by atoms with Crippen LogP contribution in [0.4, 0.5) is 5.69 Å². The molecule has 1 aromatic heterocycles. The van der Waals surface area contributed by atoms with E-state index in [0.717, 1.165) is 17.0 Å². The Kier molecular flexibility index (Phi) is 7.97. The van der Waals surface area contributed by atoms with E-state index in [2.05, 4.69) is 55.0 Å². The third-order valence-electron chi connectivity index (χ3n) is 5.21. The fraction of sp³-hybridized carbons (Fsp3) is 0.346. The number of nitrogens with one attached hydrogen (secondary N) is 1. The zero-order valence-electron chi connectivity index (χ0n) is 20.0. The van der Waals surface area contributed by atoms with E-state index in [-0.39, 0.29) is 23.2 Å². The van der Waals surface area contributed by atoms with Crippen LogP contribution in [0, 0.1) is 6.92 Å². The minimum Gasteiger partial charge on any atom is -0.483 e. The van der Waals surface area contributed by atoms with Crippen LogP contribution >= 0.6 is 11.8 Å². The summed E-state index contributed by atoms with van der Waals surface area (Å²) >= 11 is 1.34. The average Bonchev–Trinajstić information content (AvgIpc) is 3.17. The lowest BCUT2D eigenvalue weighted by Crippen LogP contribution is -2.16. The Morgan fingerprint density at radius 2 is 1.88 bits per heavy atom. The molecule has 0 radical (unpaired) electrons. The molecule has 3 aromatic rings. The van der Waals surface area contributed by atoms with Crippen LogP contribution in [0.15, 0.2) is 66.3 Å². The van der Waals surface area contributed by atoms with Crippen LogP contribution in [0.3, 0.4) is 0 Å². The van der Waals surface area contributed by atoms with Crippen LogP contribution in [-0.2, 0) is 16.8 Å². The van der Waals surface area contributed by atoms with Crippen LogP contribution < -0.4 is 10.1 Å². The number of anilines is 1. The number of benzene rings is 2. The second-order valence-electron chi connectivity index (χ2n) is 8.93. The molecule has 33 heavy (non-hydrogen) atoms. The molecule has 1 N–H and O–H groups in total. The molecule has 1 atom stereocenters. The maximum Gasteiger partial charge on any atom is 0.234 e. The van der Waals surface area contributed by atoms with Crippen molar-refractivity contribution in [3.05, 3.63) is 78.1 Å². The van der Waals surface area contributed by atoms with Gasteiger partial charge in [-0.05, 0) is 48.6 Å². The molecule has 0 saturated heterocycles. The summed E-state index contributed by atoms with van der Waals surface area (Å²) in [5.41, 5.74) is 3.18. The van der Waals surface area contributed by atoms with Gasteiger partial charge in [-0.3, -0.25) is 9.36 Å². The minimum atomic E-state index is -0.312. The SMILES string of the molecule is C=CCn1c(SCC(=O)Nc2ccccc2C)nnc1C(C)Oc1ccc(C(C)(C)C)cc1. The van der Waals surface area contributed by atoms with Gasteiger partial charge in [-0.25, -0.2) is 0 Å². The molecule has 6 nitrogen and oxygen atoms in total. The fourth-order valence-corrected chi connectivity index (χ4v) is 4.08. The number of carbonyl (C=O) groups excluding carboxylic acids is 1. The number of para-hydroxylation sites is 1. The number of hydrogen-bond acceptors (Lipinski definition) is 5. The van der Waals surface area contributed by atoms with Gasteiger partial charge in [-0.1, -0.05) is 68.9 Å². The van der Waals surface area contributed by atoms with Crippen molar-refractivity contribution >= 4 is 23.4 Å². The molecule has 2 aromatic carbocycles. The molecule has 0 aliphatic heterocycles. The van der Waals surface area contributed by atoms with E-state index in [1.807, 2.05) is 54.8 Å². The minimum absolute atomic E-state index is 0.0892. The Labute approximate surface area is 200 Å². The molecule has 0 spiro atoms. The smallest absolute Gasteiger partial charge is 0.234 e. The summed E-state index contributed by atoms with van der Waals surface area (Å²) in [6.07, 6.45) is 1.47. The van der Waals surface area contributed by atoms with E-state index in [4.69, 9.17) is 4.74 Å². The number of thioether (sulfide) groups is 1. The highest BCUT2D eigenvalue weighted by Crippen LogP contribution is 2.28. The largest absolute Gasteiger partial charge is 0.483 e. The van der Waals surface area contributed by atoms with Crippen molar-refractivity contribution in [2.75, 3.05) is 11.1 Å². The molecule has 0 aliphatic carbocycles. The molecule has 7 heteroatoms. The van der Waals surface area contributed by atoms with Crippen LogP contribution in [0.25, 0.3) is 0 Å². The van der Waals surface area contributed by atoms with Crippen LogP contribution in [0.1, 0.15) is 50.8 Å². The highest BCUT2D eigenvalue weighted by molar-refractivity contribution is 7.99. The van der Waals surface area contributed by atoms with Crippen molar-refractivity contribution in [1.82, 2.24) is 14.8 Å². The van der Waals surface area contributed by atoms with Crippen molar-refractivity contribution in [2.45, 2.75) is 57.8 Å². The summed E-state index contributed by atoms with van der Waals surface area (Å²) in [7, 11) is 0. The molecule has 174 valence electrons. The first-order chi connectivity index (χ1) is 15.7. The van der Waals surface area contributed by atoms with Crippen molar-refractivity contribution in [3.8, 4) is 5.75 Å². The summed E-state index contributed by atoms with van der Waals surface area (Å²) in [6, 6.07) is 15.8. The fourth-order valence-electron chi connectivity index (χ4n) is 3.33. The summed E-state index contributed by atoms with van der Waals surface area (Å²) in [5, 5.41) is 12.3. The quantitative estimate of drug-likeness (QED) is 0.313. The van der Waals surface area contributed by atoms with E-state index in [1.54, 1.807) is 6.08 Å². The van der Waals surface area contributed by atoms with Crippen LogP contribution in [0.5, 0.6) is 5.75 Å². The number of allylic oxidation sites excluding steroid dienone is 1. The molecule has 0 saturated carbocycles. The lowest BCUT2D eigenvalue weighted by Gasteiger charge is -2.20. The number of nitrogens with zero attached hydrogens (tertiary/aromatic N) is 3. The number of aryl methyl sites for hydroxylation is 1. The van der Waals surface area contributed by atoms with Gasteiger partial charge in [0.25, 0.3) is 0 Å². The van der Waals surface area contributed by atoms with Gasteiger partial charge in [-0.15, -0.1) is 16.8 Å². The number of hydrogen-bond donors (Lipinski definition) is 1. The Morgan fingerprint density at radius 1 is 1.18 bits per heavy atom. The molecule has 0 bridgehead atoms. The van der Waals surface area contributed by atoms with Crippen LogP contribution in [-0.4, -0.2) is 26.4 Å². The molecular formula is C26H32N4O2S. The van der Waals surface area contributed by atoms with Gasteiger partial charge >= 0.3 is 0 Å². The zero-order valence-corrected chi connectivity index (χ0v) is 20.8. The first kappa shape index (κ1) is 24.6. The highest BCUT2D eigenvalue weighted by Gasteiger charge is 2.20. The number of amides is 1. The lowest BCUT2D eigenvalue weighted by molar-refractivity contribution is -0.113. The molecule has 3 rings (SSSR count). The van der Waals surface area contributed by atoms with Crippen molar-refractivity contribution in [1.29, 1.82) is 0 Å². The molecule has 1 heterocycles. The number of rotatable bonds is 9. The Balaban J connectivity index is 1.67. The molecule has 0 aliphatic rings. The maximum atomic E-state index is 12.5. The van der Waals surface area contributed by atoms with Gasteiger partial charge in [-0.2, -0.15) is 0 Å². The van der Waals surface area contributed by atoms with E-state index in [1.165, 1.54) is 17.3 Å². The summed E-state index contributed by atoms with van der Waals surface area (Å²) in [4.78, 5) is 12.5. The predicted molar refractivity (Wildman–Crippen MR) is 135 cm³/mol. The number of aromatic nitrogens is 3. The number of ether oxygens (including phenoxy) is 1. The van der Waals surface area contributed by atoms with E-state index >= 15 is 0 Å². The van der Waals surface area contributed by atoms with E-state index < -0.39 is 0 Å². The van der Waals surface area contributed by atoms with Gasteiger partial charge < -0.3 is 10.1 Å². The zero-order chi connectivity index (χ0) is 24.0. The Hall–Kier alpha value is -3.06. The maximum absolute atomic E-state index is 12.5. The normalized spacial score (nSPS) is 12.3. The monoisotopic (exact) mass is 464 g/mol. The first-order valence-corrected chi connectivity index (χ1v) is 12.0. The van der Waals surface area contributed by atoms with Gasteiger partial charge in [0, 0.05) is 12.2 Å². The van der Waals surface area contributed by atoms with Gasteiger partial charge in [0.1, 0.15) is 5.75 Å². The Bertz CT molecular complexity index is 1100. The third kappa shape index (κ3) is 6.48. The van der Waals surface area contributed by atoms with Gasteiger partial charge in [0.2, 0.25) is 5.91 Å². The van der Waals surface area contributed by atoms with E-state index in [0.29, 0.717) is 17.5 Å². The van der Waals surface area contributed by atoms with Gasteiger partial charge in [0.05, 0.1) is 5.75 Å². The molecule has 1 amide bonds. The summed E-state index contributed by atoms with van der Waals surface area (Å²) in [5.74, 6) is 1.60. The average molecular weight is 465 g/mol. The molecule has 1 unspecified atom stereocenters. The second-order valence-corrected chi connectivity index (χ2v) is 9.87. The first-order valence-electron chi connectivity index (χ1n) is 11.0. The second kappa shape index (κ2) is 10.7. The highest BCUT2D eigenvalue weighted by atomic mass is 32.2. The standard InChI is InChI=1S/C26H32N4O2S/c1-7-16-30-24(19(3)32-21-14-12-20(13-15-21)26(4,5)6)28-29-25(30)33-17-23(31)27-22-11-9-8-10-18(22)2/h7-15,19H,1,16-17H2,2-6H3,(H,27,31). The van der Waals surface area contributed by atoms with Crippen LogP contribution in [0.2, 0.25) is 0 Å². The number of carbonyl (C=O) groups is 1. The predicted octanol–water partition coefficient (Wildman–Crippen LogP) is 5.94. The summed E-state index contributed by atoms with van der Waals surface area (Å²) < 4.78 is 8.08. The third-order valence-corrected chi connectivity index (χ3v) is 6.17. The van der Waals surface area contributed by atoms with Crippen molar-refractivity contribution < 1.29 is 9.53 Å². The van der Waals surface area contributed by atoms with Crippen molar-refractivity contribution in [2.24, 2.45) is 0 Å². The summed E-state index contributed by atoms with van der Waals surface area (Å²) in [6.45, 7) is 14.8. The lowest BCUT2D eigenvalue weighted by atomic mass is 9.87. The Morgan fingerprint density at radius 3 is 2.52 bits per heavy atom. The molecular weight excluding hydrogens is 432 g/mol. The topological polar surface area (TPSA) is 69.0 Å².